The van der Waals surface area contributed by atoms with E-state index in [9.17, 15) is 0 Å². The van der Waals surface area contributed by atoms with Crippen LogP contribution in [0.4, 0.5) is 0 Å². The Labute approximate surface area is 110 Å². The number of thiazole rings is 1. The first-order chi connectivity index (χ1) is 8.04. The summed E-state index contributed by atoms with van der Waals surface area (Å²) >= 11 is 1.85. The molecule has 0 aliphatic carbocycles. The monoisotopic (exact) mass is 254 g/mol. The summed E-state index contributed by atoms with van der Waals surface area (Å²) in [5.74, 6) is 0. The van der Waals surface area contributed by atoms with Crippen LogP contribution < -0.4 is 5.32 Å². The zero-order valence-corrected chi connectivity index (χ0v) is 12.7. The van der Waals surface area contributed by atoms with Crippen molar-refractivity contribution in [1.82, 2.24) is 10.3 Å². The molecular formula is C14H26N2S. The summed E-state index contributed by atoms with van der Waals surface area (Å²) < 4.78 is 0. The summed E-state index contributed by atoms with van der Waals surface area (Å²) in [5.41, 5.74) is 1.19. The lowest BCUT2D eigenvalue weighted by atomic mass is 10.1. The van der Waals surface area contributed by atoms with Crippen molar-refractivity contribution in [2.75, 3.05) is 0 Å². The minimum Gasteiger partial charge on any atom is -0.306 e. The van der Waals surface area contributed by atoms with Crippen molar-refractivity contribution in [3.63, 3.8) is 0 Å². The molecule has 2 nitrogen and oxygen atoms in total. The van der Waals surface area contributed by atoms with Crippen molar-refractivity contribution in [3.8, 4) is 0 Å². The molecule has 0 aliphatic heterocycles. The standard InChI is InChI=1S/C14H26N2S/c1-6-7-8-9-13(15-10(2)3)14-16-11(4)12(5)17-14/h10,13,15H,6-9H2,1-5H3. The number of hydrogen-bond donors (Lipinski definition) is 1. The third kappa shape index (κ3) is 4.76. The van der Waals surface area contributed by atoms with Gasteiger partial charge in [-0.15, -0.1) is 11.3 Å². The summed E-state index contributed by atoms with van der Waals surface area (Å²) in [6, 6.07) is 0.963. The molecule has 1 N–H and O–H groups in total. The first kappa shape index (κ1) is 14.7. The summed E-state index contributed by atoms with van der Waals surface area (Å²) in [7, 11) is 0. The van der Waals surface area contributed by atoms with Crippen LogP contribution in [-0.4, -0.2) is 11.0 Å². The maximum atomic E-state index is 4.70. The quantitative estimate of drug-likeness (QED) is 0.730. The first-order valence-electron chi connectivity index (χ1n) is 6.74. The van der Waals surface area contributed by atoms with Crippen LogP contribution >= 0.6 is 11.3 Å². The molecular weight excluding hydrogens is 228 g/mol. The molecule has 1 aromatic heterocycles. The van der Waals surface area contributed by atoms with E-state index in [1.54, 1.807) is 0 Å². The predicted molar refractivity (Wildman–Crippen MR) is 76.7 cm³/mol. The highest BCUT2D eigenvalue weighted by atomic mass is 32.1. The highest BCUT2D eigenvalue weighted by Gasteiger charge is 2.16. The van der Waals surface area contributed by atoms with Crippen LogP contribution in [0.3, 0.4) is 0 Å². The molecule has 0 radical (unpaired) electrons. The van der Waals surface area contributed by atoms with Gasteiger partial charge < -0.3 is 5.32 Å². The molecule has 1 aromatic rings. The van der Waals surface area contributed by atoms with Gasteiger partial charge >= 0.3 is 0 Å². The molecule has 98 valence electrons. The predicted octanol–water partition coefficient (Wildman–Crippen LogP) is 4.38. The average molecular weight is 254 g/mol. The van der Waals surface area contributed by atoms with E-state index in [2.05, 4.69) is 39.9 Å². The Hall–Kier alpha value is -0.410. The first-order valence-corrected chi connectivity index (χ1v) is 7.56. The second-order valence-electron chi connectivity index (χ2n) is 5.06. The highest BCUT2D eigenvalue weighted by Crippen LogP contribution is 2.27. The zero-order chi connectivity index (χ0) is 12.8. The number of aromatic nitrogens is 1. The van der Waals surface area contributed by atoms with Crippen LogP contribution in [0.25, 0.3) is 0 Å². The molecule has 0 aliphatic rings. The number of aryl methyl sites for hydroxylation is 2. The summed E-state index contributed by atoms with van der Waals surface area (Å²) in [5, 5.41) is 4.91. The van der Waals surface area contributed by atoms with Gasteiger partial charge in [-0.1, -0.05) is 40.0 Å². The van der Waals surface area contributed by atoms with E-state index in [1.807, 2.05) is 11.3 Å². The lowest BCUT2D eigenvalue weighted by Crippen LogP contribution is -2.28. The van der Waals surface area contributed by atoms with Gasteiger partial charge in [-0.05, 0) is 20.3 Å². The molecule has 0 aromatic carbocycles. The van der Waals surface area contributed by atoms with Crippen LogP contribution in [0.15, 0.2) is 0 Å². The van der Waals surface area contributed by atoms with Crippen molar-refractivity contribution >= 4 is 11.3 Å². The fourth-order valence-electron chi connectivity index (χ4n) is 1.93. The van der Waals surface area contributed by atoms with Gasteiger partial charge in [0.25, 0.3) is 0 Å². The summed E-state index contributed by atoms with van der Waals surface area (Å²) in [4.78, 5) is 6.05. The number of nitrogens with one attached hydrogen (secondary N) is 1. The van der Waals surface area contributed by atoms with Gasteiger partial charge in [0.2, 0.25) is 0 Å². The molecule has 1 unspecified atom stereocenters. The SMILES string of the molecule is CCCCCC(NC(C)C)c1nc(C)c(C)s1. The van der Waals surface area contributed by atoms with E-state index in [0.717, 1.165) is 0 Å². The topological polar surface area (TPSA) is 24.9 Å². The van der Waals surface area contributed by atoms with Crippen molar-refractivity contribution in [2.45, 2.75) is 72.4 Å². The third-order valence-corrected chi connectivity index (χ3v) is 4.16. The molecule has 1 rings (SSSR count). The van der Waals surface area contributed by atoms with Gasteiger partial charge in [0.1, 0.15) is 5.01 Å². The molecule has 0 spiro atoms. The smallest absolute Gasteiger partial charge is 0.110 e. The Balaban J connectivity index is 2.67. The van der Waals surface area contributed by atoms with Crippen LogP contribution in [0, 0.1) is 13.8 Å². The molecule has 1 heterocycles. The van der Waals surface area contributed by atoms with Crippen molar-refractivity contribution in [1.29, 1.82) is 0 Å². The molecule has 0 amide bonds. The van der Waals surface area contributed by atoms with E-state index in [-0.39, 0.29) is 0 Å². The maximum absolute atomic E-state index is 4.70. The second-order valence-corrected chi connectivity index (χ2v) is 6.30. The Morgan fingerprint density at radius 1 is 1.24 bits per heavy atom. The molecule has 0 saturated carbocycles. The second kappa shape index (κ2) is 7.12. The van der Waals surface area contributed by atoms with E-state index in [1.165, 1.54) is 41.3 Å². The van der Waals surface area contributed by atoms with E-state index < -0.39 is 0 Å². The number of unbranched alkanes of at least 4 members (excludes halogenated alkanes) is 2. The van der Waals surface area contributed by atoms with E-state index >= 15 is 0 Å². The Bertz CT molecular complexity index is 311. The maximum Gasteiger partial charge on any atom is 0.110 e. The zero-order valence-electron chi connectivity index (χ0n) is 11.8. The Morgan fingerprint density at radius 3 is 2.41 bits per heavy atom. The molecule has 1 atom stereocenters. The lowest BCUT2D eigenvalue weighted by molar-refractivity contribution is 0.434. The Morgan fingerprint density at radius 2 is 1.94 bits per heavy atom. The number of rotatable bonds is 7. The minimum atomic E-state index is 0.443. The molecule has 0 saturated heterocycles. The van der Waals surface area contributed by atoms with Crippen LogP contribution in [0.5, 0.6) is 0 Å². The van der Waals surface area contributed by atoms with Crippen molar-refractivity contribution in [2.24, 2.45) is 0 Å². The molecule has 3 heteroatoms. The van der Waals surface area contributed by atoms with Gasteiger partial charge in [0, 0.05) is 10.9 Å². The highest BCUT2D eigenvalue weighted by molar-refractivity contribution is 7.11. The van der Waals surface area contributed by atoms with Gasteiger partial charge in [0.05, 0.1) is 11.7 Å². The normalized spacial score (nSPS) is 13.3. The van der Waals surface area contributed by atoms with E-state index in [0.29, 0.717) is 12.1 Å². The van der Waals surface area contributed by atoms with Crippen LogP contribution in [0.2, 0.25) is 0 Å². The average Bonchev–Trinajstić information content (AvgIpc) is 2.57. The minimum absolute atomic E-state index is 0.443. The fourth-order valence-corrected chi connectivity index (χ4v) is 2.94. The van der Waals surface area contributed by atoms with E-state index in [4.69, 9.17) is 4.98 Å². The molecule has 0 bridgehead atoms. The number of hydrogen-bond acceptors (Lipinski definition) is 3. The van der Waals surface area contributed by atoms with Crippen molar-refractivity contribution < 1.29 is 0 Å². The van der Waals surface area contributed by atoms with Gasteiger partial charge in [-0.25, -0.2) is 4.98 Å². The van der Waals surface area contributed by atoms with Gasteiger partial charge in [0.15, 0.2) is 0 Å². The third-order valence-electron chi connectivity index (χ3n) is 2.97. The fraction of sp³-hybridized carbons (Fsp3) is 0.786. The largest absolute Gasteiger partial charge is 0.306 e. The van der Waals surface area contributed by atoms with Gasteiger partial charge in [-0.2, -0.15) is 0 Å². The lowest BCUT2D eigenvalue weighted by Gasteiger charge is -2.19. The van der Waals surface area contributed by atoms with Crippen molar-refractivity contribution in [3.05, 3.63) is 15.6 Å². The summed E-state index contributed by atoms with van der Waals surface area (Å²) in [6.07, 6.45) is 5.10. The Kier molecular flexibility index (Phi) is 6.14. The van der Waals surface area contributed by atoms with Gasteiger partial charge in [-0.3, -0.25) is 0 Å². The molecule has 17 heavy (non-hydrogen) atoms. The summed E-state index contributed by atoms with van der Waals surface area (Å²) in [6.45, 7) is 10.9. The number of nitrogens with zero attached hydrogens (tertiary/aromatic N) is 1. The molecule has 0 fully saturated rings. The van der Waals surface area contributed by atoms with Crippen LogP contribution in [-0.2, 0) is 0 Å². The van der Waals surface area contributed by atoms with Crippen LogP contribution in [0.1, 0.15) is 68.1 Å².